The molecule has 0 radical (unpaired) electrons. The Labute approximate surface area is 108 Å². The lowest BCUT2D eigenvalue weighted by Gasteiger charge is -2.06. The summed E-state index contributed by atoms with van der Waals surface area (Å²) >= 11 is 6.02. The van der Waals surface area contributed by atoms with Crippen LogP contribution in [0.2, 0.25) is 5.15 Å². The molecule has 0 fully saturated rings. The number of rotatable bonds is 3. The van der Waals surface area contributed by atoms with Gasteiger partial charge in [0.1, 0.15) is 11.5 Å². The molecule has 2 aromatic heterocycles. The van der Waals surface area contributed by atoms with Crippen molar-refractivity contribution in [3.63, 3.8) is 0 Å². The zero-order chi connectivity index (χ0) is 13.4. The highest BCUT2D eigenvalue weighted by molar-refractivity contribution is 6.31. The van der Waals surface area contributed by atoms with Gasteiger partial charge in [0.2, 0.25) is 5.15 Å². The molecule has 0 unspecified atom stereocenters. The average Bonchev–Trinajstić information content (AvgIpc) is 2.57. The fourth-order valence-electron chi connectivity index (χ4n) is 1.71. The first-order chi connectivity index (χ1) is 8.40. The largest absolute Gasteiger partial charge is 0.327 e. The van der Waals surface area contributed by atoms with Crippen LogP contribution in [0.4, 0.5) is 5.69 Å². The van der Waals surface area contributed by atoms with E-state index >= 15 is 0 Å². The standard InChI is InChI=1S/C10H12ClN5O2/c1-5(2)4-7-8(16(17)18)9(11)15-10(13-7)12-6(3)14-15/h5H,4H2,1-3H3. The lowest BCUT2D eigenvalue weighted by molar-refractivity contribution is -0.386. The van der Waals surface area contributed by atoms with Crippen molar-refractivity contribution in [3.05, 3.63) is 26.8 Å². The summed E-state index contributed by atoms with van der Waals surface area (Å²) in [5.41, 5.74) is 0.155. The molecule has 2 rings (SSSR count). The molecule has 2 aromatic rings. The molecule has 0 bridgehead atoms. The minimum Gasteiger partial charge on any atom is -0.258 e. The van der Waals surface area contributed by atoms with Crippen molar-refractivity contribution >= 4 is 23.1 Å². The predicted octanol–water partition coefficient (Wildman–Crippen LogP) is 2.19. The summed E-state index contributed by atoms with van der Waals surface area (Å²) in [7, 11) is 0. The number of hydrogen-bond donors (Lipinski definition) is 0. The molecule has 0 aliphatic carbocycles. The number of fused-ring (bicyclic) bond motifs is 1. The molecule has 0 saturated heterocycles. The molecule has 0 aliphatic rings. The second-order valence-electron chi connectivity index (χ2n) is 4.42. The van der Waals surface area contributed by atoms with Crippen LogP contribution in [0.1, 0.15) is 25.4 Å². The topological polar surface area (TPSA) is 86.2 Å². The molecule has 0 aromatic carbocycles. The first kappa shape index (κ1) is 12.7. The predicted molar refractivity (Wildman–Crippen MR) is 65.7 cm³/mol. The normalized spacial score (nSPS) is 11.4. The number of aryl methyl sites for hydroxylation is 1. The Morgan fingerprint density at radius 3 is 2.67 bits per heavy atom. The number of nitro groups is 1. The molecule has 7 nitrogen and oxygen atoms in total. The Morgan fingerprint density at radius 1 is 1.44 bits per heavy atom. The Balaban J connectivity index is 2.74. The quantitative estimate of drug-likeness (QED) is 0.484. The van der Waals surface area contributed by atoms with Crippen LogP contribution in [0.25, 0.3) is 5.78 Å². The van der Waals surface area contributed by atoms with E-state index in [1.54, 1.807) is 6.92 Å². The first-order valence-electron chi connectivity index (χ1n) is 5.46. The van der Waals surface area contributed by atoms with Crippen LogP contribution in [0.5, 0.6) is 0 Å². The van der Waals surface area contributed by atoms with Crippen molar-refractivity contribution < 1.29 is 4.92 Å². The summed E-state index contributed by atoms with van der Waals surface area (Å²) < 4.78 is 1.19. The van der Waals surface area contributed by atoms with Crippen molar-refractivity contribution in [3.8, 4) is 0 Å². The van der Waals surface area contributed by atoms with Gasteiger partial charge in [-0.1, -0.05) is 25.4 Å². The summed E-state index contributed by atoms with van der Waals surface area (Å²) in [6.07, 6.45) is 0.471. The first-order valence-corrected chi connectivity index (χ1v) is 5.84. The average molecular weight is 270 g/mol. The minimum atomic E-state index is -0.524. The third-order valence-corrected chi connectivity index (χ3v) is 2.71. The van der Waals surface area contributed by atoms with Gasteiger partial charge in [0.05, 0.1) is 4.92 Å². The Bertz CT molecular complexity index is 622. The third kappa shape index (κ3) is 2.13. The highest BCUT2D eigenvalue weighted by Crippen LogP contribution is 2.29. The van der Waals surface area contributed by atoms with Gasteiger partial charge < -0.3 is 0 Å². The summed E-state index contributed by atoms with van der Waals surface area (Å²) in [6, 6.07) is 0. The molecule has 0 amide bonds. The lowest BCUT2D eigenvalue weighted by Crippen LogP contribution is -2.07. The smallest absolute Gasteiger partial charge is 0.258 e. The van der Waals surface area contributed by atoms with Crippen LogP contribution in [0.3, 0.4) is 0 Å². The van der Waals surface area contributed by atoms with E-state index in [2.05, 4.69) is 15.1 Å². The second kappa shape index (κ2) is 4.49. The Hall–Kier alpha value is -1.76. The van der Waals surface area contributed by atoms with Crippen LogP contribution >= 0.6 is 11.6 Å². The van der Waals surface area contributed by atoms with E-state index in [9.17, 15) is 10.1 Å². The van der Waals surface area contributed by atoms with E-state index in [1.807, 2.05) is 13.8 Å². The molecule has 18 heavy (non-hydrogen) atoms. The van der Waals surface area contributed by atoms with Crippen LogP contribution in [0, 0.1) is 23.0 Å². The maximum Gasteiger partial charge on any atom is 0.327 e. The summed E-state index contributed by atoms with van der Waals surface area (Å²) in [6.45, 7) is 5.59. The molecular weight excluding hydrogens is 258 g/mol. The van der Waals surface area contributed by atoms with Crippen molar-refractivity contribution in [2.24, 2.45) is 5.92 Å². The number of halogens is 1. The fraction of sp³-hybridized carbons (Fsp3) is 0.500. The van der Waals surface area contributed by atoms with E-state index in [0.717, 1.165) is 0 Å². The van der Waals surface area contributed by atoms with Crippen LogP contribution < -0.4 is 0 Å². The Kier molecular flexibility index (Phi) is 3.16. The van der Waals surface area contributed by atoms with Crippen molar-refractivity contribution in [2.75, 3.05) is 0 Å². The molecule has 96 valence electrons. The van der Waals surface area contributed by atoms with Crippen LogP contribution in [-0.4, -0.2) is 24.5 Å². The minimum absolute atomic E-state index is 0.0544. The van der Waals surface area contributed by atoms with Gasteiger partial charge in [-0.05, 0) is 19.3 Å². The molecule has 0 atom stereocenters. The molecule has 2 heterocycles. The molecule has 8 heteroatoms. The van der Waals surface area contributed by atoms with Gasteiger partial charge in [-0.15, -0.1) is 5.10 Å². The summed E-state index contributed by atoms with van der Waals surface area (Å²) in [4.78, 5) is 18.8. The van der Waals surface area contributed by atoms with Gasteiger partial charge in [-0.3, -0.25) is 10.1 Å². The van der Waals surface area contributed by atoms with Gasteiger partial charge >= 0.3 is 5.69 Å². The molecule has 0 aliphatic heterocycles. The van der Waals surface area contributed by atoms with Gasteiger partial charge in [0, 0.05) is 0 Å². The highest BCUT2D eigenvalue weighted by Gasteiger charge is 2.25. The van der Waals surface area contributed by atoms with E-state index in [1.165, 1.54) is 4.52 Å². The van der Waals surface area contributed by atoms with Crippen LogP contribution in [0.15, 0.2) is 0 Å². The fourth-order valence-corrected chi connectivity index (χ4v) is 2.00. The lowest BCUT2D eigenvalue weighted by atomic mass is 10.1. The second-order valence-corrected chi connectivity index (χ2v) is 4.78. The number of nitrogens with zero attached hydrogens (tertiary/aromatic N) is 5. The van der Waals surface area contributed by atoms with E-state index < -0.39 is 4.92 Å². The highest BCUT2D eigenvalue weighted by atomic mass is 35.5. The van der Waals surface area contributed by atoms with E-state index in [-0.39, 0.29) is 16.8 Å². The molecular formula is C10H12ClN5O2. The maximum atomic E-state index is 11.1. The molecule has 0 spiro atoms. The van der Waals surface area contributed by atoms with Gasteiger partial charge in [-0.25, -0.2) is 4.98 Å². The maximum absolute atomic E-state index is 11.1. The van der Waals surface area contributed by atoms with Gasteiger partial charge in [0.25, 0.3) is 5.78 Å². The number of hydrogen-bond acceptors (Lipinski definition) is 5. The Morgan fingerprint density at radius 2 is 2.11 bits per heavy atom. The van der Waals surface area contributed by atoms with E-state index in [0.29, 0.717) is 23.7 Å². The summed E-state index contributed by atoms with van der Waals surface area (Å²) in [5.74, 6) is 0.998. The van der Waals surface area contributed by atoms with Gasteiger partial charge in [0.15, 0.2) is 0 Å². The van der Waals surface area contributed by atoms with Crippen molar-refractivity contribution in [1.29, 1.82) is 0 Å². The third-order valence-electron chi connectivity index (χ3n) is 2.37. The van der Waals surface area contributed by atoms with Gasteiger partial charge in [-0.2, -0.15) is 9.50 Å². The zero-order valence-electron chi connectivity index (χ0n) is 10.2. The van der Waals surface area contributed by atoms with Crippen LogP contribution in [-0.2, 0) is 6.42 Å². The molecule has 0 N–H and O–H groups in total. The summed E-state index contributed by atoms with van der Waals surface area (Å²) in [5, 5.41) is 15.0. The molecule has 0 saturated carbocycles. The zero-order valence-corrected chi connectivity index (χ0v) is 11.0. The van der Waals surface area contributed by atoms with E-state index in [4.69, 9.17) is 11.6 Å². The SMILES string of the molecule is Cc1nc2nc(CC(C)C)c([N+](=O)[O-])c(Cl)n2n1. The number of aromatic nitrogens is 4. The monoisotopic (exact) mass is 269 g/mol. The van der Waals surface area contributed by atoms with Crippen molar-refractivity contribution in [2.45, 2.75) is 27.2 Å². The van der Waals surface area contributed by atoms with Crippen molar-refractivity contribution in [1.82, 2.24) is 19.6 Å².